The largest absolute Gasteiger partial charge is 4.00 e. The van der Waals surface area contributed by atoms with Crippen LogP contribution in [-0.2, 0) is 26.2 Å². The number of rotatable bonds is 7. The third kappa shape index (κ3) is 15.0. The Morgan fingerprint density at radius 1 is 0.889 bits per heavy atom. The maximum absolute atomic E-state index is 5.15. The van der Waals surface area contributed by atoms with E-state index in [1.54, 1.807) is 0 Å². The molecule has 0 aliphatic heterocycles. The number of nitrogens with zero attached hydrogens (tertiary/aromatic N) is 2. The predicted octanol–water partition coefficient (Wildman–Crippen LogP) is 9.01. The van der Waals surface area contributed by atoms with Gasteiger partial charge in [-0.3, -0.25) is 4.99 Å². The molecule has 6 radical (unpaired) electrons. The van der Waals surface area contributed by atoms with Crippen LogP contribution in [0.25, 0.3) is 5.32 Å². The molecule has 0 unspecified atom stereocenters. The first-order chi connectivity index (χ1) is 16.9. The Morgan fingerprint density at radius 3 is 1.89 bits per heavy atom. The van der Waals surface area contributed by atoms with Crippen LogP contribution in [0.5, 0.6) is 0 Å². The topological polar surface area (TPSA) is 26.5 Å². The number of allylic oxidation sites excluding steroid dienone is 2. The molecule has 0 heterocycles. The van der Waals surface area contributed by atoms with Crippen LogP contribution in [0.1, 0.15) is 95.2 Å². The Balaban J connectivity index is 0. The molecule has 0 N–H and O–H groups in total. The minimum atomic E-state index is 0. The summed E-state index contributed by atoms with van der Waals surface area (Å²) in [5.74, 6) is 0.958. The second kappa shape index (κ2) is 24.3. The van der Waals surface area contributed by atoms with Crippen molar-refractivity contribution < 1.29 is 26.2 Å². The average molecular weight is 950 g/mol. The first-order valence-electron chi connectivity index (χ1n) is 12.6. The van der Waals surface area contributed by atoms with Gasteiger partial charge in [-0.25, -0.2) is 0 Å². The van der Waals surface area contributed by atoms with Gasteiger partial charge >= 0.3 is 86.7 Å². The van der Waals surface area contributed by atoms with E-state index in [4.69, 9.17) is 10.3 Å². The number of hydrogen-bond donors (Lipinski definition) is 0. The van der Waals surface area contributed by atoms with E-state index in [2.05, 4.69) is 74.8 Å². The Bertz CT molecular complexity index is 836. The van der Waals surface area contributed by atoms with Crippen LogP contribution in [0.2, 0.25) is 0 Å². The van der Waals surface area contributed by atoms with Crippen molar-refractivity contribution in [2.24, 2.45) is 4.99 Å². The molecule has 0 saturated carbocycles. The van der Waals surface area contributed by atoms with Gasteiger partial charge in [-0.15, -0.1) is 23.5 Å². The molecule has 0 bridgehead atoms. The molecule has 0 spiro atoms. The van der Waals surface area contributed by atoms with Crippen LogP contribution >= 0.6 is 0 Å². The molecule has 5 heteroatoms. The van der Waals surface area contributed by atoms with E-state index < -0.39 is 0 Å². The molecule has 0 saturated heterocycles. The van der Waals surface area contributed by atoms with Gasteiger partial charge in [0.05, 0.1) is 0 Å². The monoisotopic (exact) mass is 950 g/mol. The summed E-state index contributed by atoms with van der Waals surface area (Å²) in [4.78, 5) is 4.85. The average Bonchev–Trinajstić information content (AvgIpc) is 2.88. The van der Waals surface area contributed by atoms with Gasteiger partial charge in [-0.05, 0) is 37.5 Å². The summed E-state index contributed by atoms with van der Waals surface area (Å²) in [6, 6.07) is 16.5. The van der Waals surface area contributed by atoms with Crippen molar-refractivity contribution >= 4 is 62.9 Å². The summed E-state index contributed by atoms with van der Waals surface area (Å²) in [7, 11) is 0. The van der Waals surface area contributed by atoms with Crippen molar-refractivity contribution in [1.29, 1.82) is 0 Å². The molecule has 3 rings (SSSR count). The third-order valence-corrected chi connectivity index (χ3v) is 5.48. The fourth-order valence-corrected chi connectivity index (χ4v) is 3.64. The van der Waals surface area contributed by atoms with Gasteiger partial charge in [-0.1, -0.05) is 82.5 Å². The molecule has 36 heavy (non-hydrogen) atoms. The summed E-state index contributed by atoms with van der Waals surface area (Å²) in [6.07, 6.45) is 8.03. The zero-order chi connectivity index (χ0) is 26.6. The Kier molecular flexibility index (Phi) is 25.9. The number of aliphatic imine (C=N–C) groups is 1. The molecule has 1 aliphatic carbocycles. The minimum Gasteiger partial charge on any atom is -0.199 e. The molecular weight excluding hydrogens is 906 g/mol. The van der Waals surface area contributed by atoms with Crippen LogP contribution in [0.15, 0.2) is 65.3 Å². The number of unbranched alkanes of at least 4 members (excludes halogenated alkanes) is 1. The molecule has 2 aromatic rings. The van der Waals surface area contributed by atoms with E-state index >= 15 is 0 Å². The number of hydrogen-bond acceptors (Lipinski definition) is 1. The molecule has 0 fully saturated rings. The van der Waals surface area contributed by atoms with Gasteiger partial charge in [0.25, 0.3) is 0 Å². The van der Waals surface area contributed by atoms with Gasteiger partial charge in [0, 0.05) is 12.3 Å². The summed E-state index contributed by atoms with van der Waals surface area (Å²) in [5.41, 5.74) is 7.28. The SMILES string of the molecule is CCCCN=C1CCCC=C1[N-]c1c(C(C)C)cccc1C(C)C.[CH2-][Pb].[CH2-][Pb].[CH2-]c1ccccc1.[Zr+4]. The van der Waals surface area contributed by atoms with E-state index in [9.17, 15) is 0 Å². The smallest absolute Gasteiger partial charge is 0.199 e. The Morgan fingerprint density at radius 2 is 1.44 bits per heavy atom. The number of benzene rings is 2. The second-order valence-corrected chi connectivity index (χ2v) is 8.86. The van der Waals surface area contributed by atoms with E-state index in [0.717, 1.165) is 88.6 Å². The van der Waals surface area contributed by atoms with Crippen molar-refractivity contribution in [3.8, 4) is 0 Å². The molecule has 0 aromatic heterocycles. The van der Waals surface area contributed by atoms with Crippen molar-refractivity contribution in [3.63, 3.8) is 0 Å². The van der Waals surface area contributed by atoms with Crippen LogP contribution < -0.4 is 0 Å². The van der Waals surface area contributed by atoms with Crippen LogP contribution in [0.3, 0.4) is 0 Å². The van der Waals surface area contributed by atoms with Crippen molar-refractivity contribution in [3.05, 3.63) is 98.2 Å². The van der Waals surface area contributed by atoms with Gasteiger partial charge < -0.3 is 5.32 Å². The summed E-state index contributed by atoms with van der Waals surface area (Å²) >= 11 is 2.11. The molecule has 0 amide bonds. The fraction of sp³-hybridized carbons (Fsp3) is 0.419. The molecular formula is C31H44N2Pb2Zr. The molecule has 2 nitrogen and oxygen atoms in total. The first kappa shape index (κ1) is 38.4. The van der Waals surface area contributed by atoms with Gasteiger partial charge in [0.1, 0.15) is 0 Å². The molecule has 1 aliphatic rings. The van der Waals surface area contributed by atoms with E-state index in [1.165, 1.54) is 35.4 Å². The third-order valence-electron chi connectivity index (χ3n) is 5.48. The quantitative estimate of drug-likeness (QED) is 0.151. The second-order valence-electron chi connectivity index (χ2n) is 8.86. The van der Waals surface area contributed by atoms with Crippen LogP contribution in [-0.4, -0.2) is 63.8 Å². The minimum absolute atomic E-state index is 0. The molecule has 2 aromatic carbocycles. The van der Waals surface area contributed by atoms with Crippen molar-refractivity contribution in [1.82, 2.24) is 0 Å². The standard InChI is InChI=1S/C22H33N2.C7H7.2CH2.2Pb.Zr/c1-6-7-15-23-20-13-8-9-14-21(20)24-22-18(16(2)3)11-10-12-19(22)17(4)5;1-7-5-3-2-4-6-7;;;;;/h10-12,14,16-17H,6-9,13,15H2,1-5H3;2-6H,1H2;2*1H2;;;/q4*-1;;;+4. The summed E-state index contributed by atoms with van der Waals surface area (Å²) in [6.45, 7) is 15.9. The van der Waals surface area contributed by atoms with Crippen LogP contribution in [0, 0.1) is 15.9 Å². The Hall–Kier alpha value is 0.247. The fourth-order valence-electron chi connectivity index (χ4n) is 3.64. The Labute approximate surface area is 274 Å². The van der Waals surface area contributed by atoms with E-state index in [1.807, 2.05) is 30.3 Å². The van der Waals surface area contributed by atoms with Crippen molar-refractivity contribution in [2.75, 3.05) is 6.54 Å². The van der Waals surface area contributed by atoms with E-state index in [-0.39, 0.29) is 26.2 Å². The van der Waals surface area contributed by atoms with E-state index in [0.29, 0.717) is 11.8 Å². The predicted molar refractivity (Wildman–Crippen MR) is 160 cm³/mol. The number of para-hydroxylation sites is 1. The zero-order valence-electron chi connectivity index (χ0n) is 23.1. The molecule has 0 atom stereocenters. The maximum Gasteiger partial charge on any atom is 4.00 e. The summed E-state index contributed by atoms with van der Waals surface area (Å²) in [5, 5.41) is 5.15. The zero-order valence-corrected chi connectivity index (χ0v) is 33.3. The summed E-state index contributed by atoms with van der Waals surface area (Å²) < 4.78 is 6.78. The first-order valence-corrected chi connectivity index (χ1v) is 18.1. The van der Waals surface area contributed by atoms with Crippen molar-refractivity contribution in [2.45, 2.75) is 78.6 Å². The van der Waals surface area contributed by atoms with Gasteiger partial charge in [0.15, 0.2) is 0 Å². The van der Waals surface area contributed by atoms with Crippen LogP contribution in [0.4, 0.5) is 5.69 Å². The molecule has 190 valence electrons. The maximum atomic E-state index is 5.15. The van der Waals surface area contributed by atoms with Gasteiger partial charge in [0.2, 0.25) is 0 Å². The normalized spacial score (nSPS) is 13.2. The van der Waals surface area contributed by atoms with Gasteiger partial charge in [-0.2, -0.15) is 24.6 Å².